The molecule has 1 fully saturated rings. The van der Waals surface area contributed by atoms with Crippen LogP contribution in [0.25, 0.3) is 11.5 Å². The molecule has 1 amide bonds. The number of benzene rings is 1. The molecule has 0 radical (unpaired) electrons. The van der Waals surface area contributed by atoms with Gasteiger partial charge in [0.25, 0.3) is 5.91 Å². The van der Waals surface area contributed by atoms with Crippen molar-refractivity contribution in [3.63, 3.8) is 0 Å². The maximum Gasteiger partial charge on any atom is 0.343 e. The number of nitrogens with zero attached hydrogens (tertiary/aromatic N) is 2. The van der Waals surface area contributed by atoms with Crippen LogP contribution in [0.15, 0.2) is 41.0 Å². The van der Waals surface area contributed by atoms with Crippen molar-refractivity contribution in [1.82, 2.24) is 9.88 Å². The van der Waals surface area contributed by atoms with E-state index in [-0.39, 0.29) is 24.6 Å². The van der Waals surface area contributed by atoms with Crippen molar-refractivity contribution < 1.29 is 23.5 Å². The number of hydrogen-bond acceptors (Lipinski definition) is 4. The van der Waals surface area contributed by atoms with Crippen molar-refractivity contribution in [3.05, 3.63) is 42.3 Å². The smallest absolute Gasteiger partial charge is 0.343 e. The highest BCUT2D eigenvalue weighted by atomic mass is 19.1. The minimum atomic E-state index is -2.39. The zero-order valence-corrected chi connectivity index (χ0v) is 11.5. The summed E-state index contributed by atoms with van der Waals surface area (Å²) in [6.45, 7) is -0.441. The van der Waals surface area contributed by atoms with Gasteiger partial charge in [-0.25, -0.2) is 14.2 Å². The number of likely N-dealkylation sites (tertiary alicyclic amines) is 1. The molecule has 1 N–H and O–H groups in total. The van der Waals surface area contributed by atoms with Gasteiger partial charge >= 0.3 is 5.97 Å². The average molecular weight is 304 g/mol. The third-order valence-corrected chi connectivity index (χ3v) is 3.63. The van der Waals surface area contributed by atoms with Gasteiger partial charge in [0.1, 0.15) is 6.26 Å². The van der Waals surface area contributed by atoms with Gasteiger partial charge in [-0.1, -0.05) is 18.2 Å². The third-order valence-electron chi connectivity index (χ3n) is 3.63. The zero-order valence-electron chi connectivity index (χ0n) is 11.5. The normalized spacial score (nSPS) is 21.0. The fourth-order valence-corrected chi connectivity index (χ4v) is 2.37. The monoisotopic (exact) mass is 304 g/mol. The molecule has 1 aromatic heterocycles. The van der Waals surface area contributed by atoms with Crippen LogP contribution in [-0.4, -0.2) is 45.6 Å². The summed E-state index contributed by atoms with van der Waals surface area (Å²) in [6, 6.07) is 9.03. The van der Waals surface area contributed by atoms with Gasteiger partial charge in [0.05, 0.1) is 6.54 Å². The van der Waals surface area contributed by atoms with Crippen LogP contribution in [0.1, 0.15) is 16.9 Å². The molecule has 0 bridgehead atoms. The van der Waals surface area contributed by atoms with Gasteiger partial charge in [-0.3, -0.25) is 4.79 Å². The van der Waals surface area contributed by atoms with Crippen LogP contribution >= 0.6 is 0 Å². The molecule has 1 aromatic carbocycles. The summed E-state index contributed by atoms with van der Waals surface area (Å²) >= 11 is 0. The molecule has 7 heteroatoms. The van der Waals surface area contributed by atoms with Crippen LogP contribution < -0.4 is 0 Å². The van der Waals surface area contributed by atoms with Gasteiger partial charge in [0.2, 0.25) is 11.6 Å². The number of oxazole rings is 1. The predicted molar refractivity (Wildman–Crippen MR) is 73.9 cm³/mol. The van der Waals surface area contributed by atoms with Crippen molar-refractivity contribution in [2.75, 3.05) is 13.1 Å². The Morgan fingerprint density at radius 1 is 1.32 bits per heavy atom. The first-order valence-corrected chi connectivity index (χ1v) is 6.72. The highest BCUT2D eigenvalue weighted by Crippen LogP contribution is 2.27. The summed E-state index contributed by atoms with van der Waals surface area (Å²) in [5, 5.41) is 8.85. The van der Waals surface area contributed by atoms with Gasteiger partial charge in [0, 0.05) is 18.5 Å². The second kappa shape index (κ2) is 5.25. The van der Waals surface area contributed by atoms with E-state index in [1.54, 1.807) is 12.1 Å². The van der Waals surface area contributed by atoms with Crippen LogP contribution in [0.5, 0.6) is 0 Å². The Bertz CT molecular complexity index is 715. The number of carboxylic acids is 1. The number of aromatic nitrogens is 1. The molecule has 3 rings (SSSR count). The van der Waals surface area contributed by atoms with Gasteiger partial charge in [-0.05, 0) is 12.1 Å². The molecular weight excluding hydrogens is 291 g/mol. The second-order valence-corrected chi connectivity index (χ2v) is 5.15. The lowest BCUT2D eigenvalue weighted by Crippen LogP contribution is -2.39. The molecule has 1 saturated heterocycles. The van der Waals surface area contributed by atoms with Crippen LogP contribution in [0.2, 0.25) is 0 Å². The van der Waals surface area contributed by atoms with E-state index in [2.05, 4.69) is 4.98 Å². The summed E-state index contributed by atoms with van der Waals surface area (Å²) < 4.78 is 19.3. The summed E-state index contributed by atoms with van der Waals surface area (Å²) in [6.07, 6.45) is 0.973. The number of carbonyl (C=O) groups is 2. The Balaban J connectivity index is 1.77. The average Bonchev–Trinajstić information content (AvgIpc) is 3.15. The molecule has 1 aliphatic rings. The third kappa shape index (κ3) is 2.45. The van der Waals surface area contributed by atoms with Gasteiger partial charge in [-0.15, -0.1) is 0 Å². The Morgan fingerprint density at radius 2 is 2.05 bits per heavy atom. The van der Waals surface area contributed by atoms with E-state index in [1.807, 2.05) is 18.2 Å². The minimum absolute atomic E-state index is 0.0356. The summed E-state index contributed by atoms with van der Waals surface area (Å²) in [5.74, 6) is -1.80. The zero-order chi connectivity index (χ0) is 15.7. The van der Waals surface area contributed by atoms with Gasteiger partial charge in [-0.2, -0.15) is 0 Å². The largest absolute Gasteiger partial charge is 0.479 e. The quantitative estimate of drug-likeness (QED) is 0.937. The molecule has 1 atom stereocenters. The fourth-order valence-electron chi connectivity index (χ4n) is 2.37. The second-order valence-electron chi connectivity index (χ2n) is 5.15. The number of hydrogen-bond donors (Lipinski definition) is 1. The first-order valence-electron chi connectivity index (χ1n) is 6.72. The van der Waals surface area contributed by atoms with E-state index >= 15 is 0 Å². The highest BCUT2D eigenvalue weighted by Gasteiger charge is 2.47. The SMILES string of the molecule is O=C(c1coc(-c2ccccc2)n1)N1CCC(F)(C(=O)O)C1. The summed E-state index contributed by atoms with van der Waals surface area (Å²) in [5.41, 5.74) is -1.64. The number of aliphatic carboxylic acids is 1. The summed E-state index contributed by atoms with van der Waals surface area (Å²) in [4.78, 5) is 28.3. The Morgan fingerprint density at radius 3 is 2.68 bits per heavy atom. The lowest BCUT2D eigenvalue weighted by molar-refractivity contribution is -0.149. The van der Waals surface area contributed by atoms with E-state index in [1.165, 1.54) is 6.26 Å². The Labute approximate surface area is 125 Å². The maximum absolute atomic E-state index is 14.0. The molecule has 0 spiro atoms. The minimum Gasteiger partial charge on any atom is -0.479 e. The molecule has 0 saturated carbocycles. The van der Waals surface area contributed by atoms with Crippen LogP contribution in [0, 0.1) is 0 Å². The molecule has 114 valence electrons. The first-order chi connectivity index (χ1) is 10.5. The van der Waals surface area contributed by atoms with Crippen molar-refractivity contribution >= 4 is 11.9 Å². The standard InChI is InChI=1S/C15H13FN2O4/c16-15(14(20)21)6-7-18(9-15)13(19)11-8-22-12(17-11)10-4-2-1-3-5-10/h1-5,8H,6-7,9H2,(H,20,21). The Kier molecular flexibility index (Phi) is 3.40. The molecule has 1 unspecified atom stereocenters. The van der Waals surface area contributed by atoms with Crippen LogP contribution in [-0.2, 0) is 4.79 Å². The molecule has 0 aliphatic carbocycles. The topological polar surface area (TPSA) is 83.6 Å². The lowest BCUT2D eigenvalue weighted by atomic mass is 10.1. The van der Waals surface area contributed by atoms with E-state index in [0.29, 0.717) is 5.56 Å². The van der Waals surface area contributed by atoms with Crippen molar-refractivity contribution in [2.45, 2.75) is 12.1 Å². The van der Waals surface area contributed by atoms with Gasteiger partial charge < -0.3 is 14.4 Å². The van der Waals surface area contributed by atoms with Crippen molar-refractivity contribution in [3.8, 4) is 11.5 Å². The first kappa shape index (κ1) is 14.2. The predicted octanol–water partition coefficient (Wildman–Crippen LogP) is 1.98. The molecule has 1 aliphatic heterocycles. The van der Waals surface area contributed by atoms with E-state index < -0.39 is 24.1 Å². The molecule has 6 nitrogen and oxygen atoms in total. The number of amides is 1. The van der Waals surface area contributed by atoms with E-state index in [0.717, 1.165) is 4.90 Å². The number of halogens is 1. The fraction of sp³-hybridized carbons (Fsp3) is 0.267. The molecule has 2 heterocycles. The van der Waals surface area contributed by atoms with Gasteiger partial charge in [0.15, 0.2) is 5.69 Å². The number of carbonyl (C=O) groups excluding carboxylic acids is 1. The maximum atomic E-state index is 14.0. The Hall–Kier alpha value is -2.70. The van der Waals surface area contributed by atoms with Crippen LogP contribution in [0.4, 0.5) is 4.39 Å². The molecule has 2 aromatic rings. The van der Waals surface area contributed by atoms with Crippen molar-refractivity contribution in [2.24, 2.45) is 0 Å². The highest BCUT2D eigenvalue weighted by molar-refractivity contribution is 5.93. The number of rotatable bonds is 3. The molecular formula is C15H13FN2O4. The summed E-state index contributed by atoms with van der Waals surface area (Å²) in [7, 11) is 0. The van der Waals surface area contributed by atoms with E-state index in [9.17, 15) is 14.0 Å². The van der Waals surface area contributed by atoms with E-state index in [4.69, 9.17) is 9.52 Å². The number of carboxylic acid groups (broad SMARTS) is 1. The number of alkyl halides is 1. The van der Waals surface area contributed by atoms with Crippen LogP contribution in [0.3, 0.4) is 0 Å². The lowest BCUT2D eigenvalue weighted by Gasteiger charge is -2.16. The van der Waals surface area contributed by atoms with Crippen molar-refractivity contribution in [1.29, 1.82) is 0 Å². The molecule has 22 heavy (non-hydrogen) atoms.